The number of pyridine rings is 1. The second-order valence-electron chi connectivity index (χ2n) is 6.70. The van der Waals surface area contributed by atoms with Gasteiger partial charge in [0.25, 0.3) is 0 Å². The molecule has 0 amide bonds. The summed E-state index contributed by atoms with van der Waals surface area (Å²) in [5.74, 6) is 3.33. The molecule has 0 bridgehead atoms. The molecule has 3 aliphatic rings. The van der Waals surface area contributed by atoms with E-state index in [1.165, 1.54) is 33.2 Å². The average Bonchev–Trinajstić information content (AvgIpc) is 3.26. The Bertz CT molecular complexity index is 1070. The smallest absolute Gasteiger partial charge is 0.231 e. The van der Waals surface area contributed by atoms with Crippen molar-refractivity contribution in [2.24, 2.45) is 0 Å². The fourth-order valence-electron chi connectivity index (χ4n) is 4.15. The van der Waals surface area contributed by atoms with Gasteiger partial charge in [0.2, 0.25) is 19.3 Å². The van der Waals surface area contributed by atoms with Crippen LogP contribution in [0.5, 0.6) is 23.0 Å². The lowest BCUT2D eigenvalue weighted by Crippen LogP contribution is -2.40. The van der Waals surface area contributed by atoms with Gasteiger partial charge in [-0.3, -0.25) is 0 Å². The number of hydrogen-bond donors (Lipinski definition) is 0. The molecule has 3 aliphatic heterocycles. The maximum absolute atomic E-state index is 5.60. The SMILES string of the molecule is Cc1c2[n+](cc3cc4c(cc13)OCO4)CCc1cc3c(cc1-2)OCO3. The molecule has 4 heterocycles. The molecule has 0 fully saturated rings. The molecule has 0 N–H and O–H groups in total. The van der Waals surface area contributed by atoms with Crippen LogP contribution in [0, 0.1) is 6.92 Å². The van der Waals surface area contributed by atoms with E-state index in [0.29, 0.717) is 13.6 Å². The molecular weight excluding hydrogens is 318 g/mol. The summed E-state index contributed by atoms with van der Waals surface area (Å²) in [4.78, 5) is 0. The Kier molecular flexibility index (Phi) is 2.44. The highest BCUT2D eigenvalue weighted by atomic mass is 16.7. The quantitative estimate of drug-likeness (QED) is 0.592. The van der Waals surface area contributed by atoms with E-state index >= 15 is 0 Å². The summed E-state index contributed by atoms with van der Waals surface area (Å²) in [6.07, 6.45) is 3.20. The van der Waals surface area contributed by atoms with Gasteiger partial charge in [-0.25, -0.2) is 0 Å². The number of aromatic nitrogens is 1. The fourth-order valence-corrected chi connectivity index (χ4v) is 4.15. The summed E-state index contributed by atoms with van der Waals surface area (Å²) in [7, 11) is 0. The topological polar surface area (TPSA) is 40.8 Å². The van der Waals surface area contributed by atoms with Crippen LogP contribution in [0.1, 0.15) is 11.1 Å². The first-order valence-corrected chi connectivity index (χ1v) is 8.47. The summed E-state index contributed by atoms with van der Waals surface area (Å²) in [6, 6.07) is 8.42. The first-order chi connectivity index (χ1) is 12.3. The molecule has 0 saturated carbocycles. The number of aryl methyl sites for hydroxylation is 3. The summed E-state index contributed by atoms with van der Waals surface area (Å²) in [5.41, 5.74) is 5.03. The van der Waals surface area contributed by atoms with Crippen molar-refractivity contribution in [2.45, 2.75) is 19.9 Å². The van der Waals surface area contributed by atoms with E-state index in [1.807, 2.05) is 0 Å². The number of fused-ring (bicyclic) bond motifs is 6. The minimum Gasteiger partial charge on any atom is -0.454 e. The Balaban J connectivity index is 1.65. The molecule has 0 saturated heterocycles. The van der Waals surface area contributed by atoms with Crippen LogP contribution < -0.4 is 23.5 Å². The number of nitrogens with zero attached hydrogens (tertiary/aromatic N) is 1. The second-order valence-corrected chi connectivity index (χ2v) is 6.70. The molecule has 0 aliphatic carbocycles. The standard InChI is InChI=1S/C20H16NO4/c1-11-14-6-18-17(23-10-24-18)5-13(14)8-21-3-2-12-4-16-19(25-9-22-16)7-15(12)20(11)21/h4-8H,2-3,9-10H2,1H3/q+1. The van der Waals surface area contributed by atoms with Crippen LogP contribution in [0.3, 0.4) is 0 Å². The van der Waals surface area contributed by atoms with Gasteiger partial charge in [-0.1, -0.05) is 0 Å². The molecule has 0 spiro atoms. The Morgan fingerprint density at radius 2 is 1.52 bits per heavy atom. The van der Waals surface area contributed by atoms with Gasteiger partial charge in [0.05, 0.1) is 5.56 Å². The number of ether oxygens (including phenoxy) is 4. The van der Waals surface area contributed by atoms with Gasteiger partial charge >= 0.3 is 0 Å². The largest absolute Gasteiger partial charge is 0.454 e. The molecule has 0 radical (unpaired) electrons. The third kappa shape index (κ3) is 1.75. The van der Waals surface area contributed by atoms with Crippen LogP contribution in [0.4, 0.5) is 0 Å². The van der Waals surface area contributed by atoms with Crippen molar-refractivity contribution >= 4 is 10.8 Å². The van der Waals surface area contributed by atoms with Gasteiger partial charge in [-0.05, 0) is 36.8 Å². The maximum Gasteiger partial charge on any atom is 0.231 e. The summed E-state index contributed by atoms with van der Waals surface area (Å²) in [5, 5.41) is 2.37. The van der Waals surface area contributed by atoms with E-state index in [9.17, 15) is 0 Å². The molecule has 0 atom stereocenters. The molecule has 6 rings (SSSR count). The molecular formula is C20H16NO4+. The monoisotopic (exact) mass is 334 g/mol. The molecule has 5 nitrogen and oxygen atoms in total. The van der Waals surface area contributed by atoms with Crippen molar-refractivity contribution < 1.29 is 23.5 Å². The third-order valence-corrected chi connectivity index (χ3v) is 5.36. The van der Waals surface area contributed by atoms with Crippen molar-refractivity contribution in [3.8, 4) is 34.3 Å². The summed E-state index contributed by atoms with van der Waals surface area (Å²) < 4.78 is 24.6. The van der Waals surface area contributed by atoms with Crippen molar-refractivity contribution in [2.75, 3.05) is 13.6 Å². The highest BCUT2D eigenvalue weighted by Gasteiger charge is 2.30. The minimum atomic E-state index is 0.296. The fraction of sp³-hybridized carbons (Fsp3) is 0.250. The van der Waals surface area contributed by atoms with Crippen LogP contribution in [0.25, 0.3) is 22.0 Å². The molecule has 124 valence electrons. The maximum atomic E-state index is 5.60. The zero-order chi connectivity index (χ0) is 16.5. The van der Waals surface area contributed by atoms with Gasteiger partial charge < -0.3 is 18.9 Å². The van der Waals surface area contributed by atoms with Gasteiger partial charge in [-0.15, -0.1) is 0 Å². The molecule has 1 aromatic heterocycles. The Morgan fingerprint density at radius 3 is 2.32 bits per heavy atom. The number of rotatable bonds is 0. The van der Waals surface area contributed by atoms with Crippen LogP contribution in [-0.4, -0.2) is 13.6 Å². The highest BCUT2D eigenvalue weighted by molar-refractivity contribution is 5.91. The Morgan fingerprint density at radius 1 is 0.840 bits per heavy atom. The van der Waals surface area contributed by atoms with Crippen LogP contribution in [0.2, 0.25) is 0 Å². The van der Waals surface area contributed by atoms with Crippen LogP contribution in [-0.2, 0) is 13.0 Å². The van der Waals surface area contributed by atoms with Crippen LogP contribution in [0.15, 0.2) is 30.5 Å². The van der Waals surface area contributed by atoms with Gasteiger partial charge in [-0.2, -0.15) is 4.57 Å². The predicted molar refractivity (Wildman–Crippen MR) is 90.3 cm³/mol. The van der Waals surface area contributed by atoms with E-state index in [-0.39, 0.29) is 0 Å². The Labute approximate surface area is 144 Å². The van der Waals surface area contributed by atoms with E-state index < -0.39 is 0 Å². The molecule has 3 aromatic rings. The summed E-state index contributed by atoms with van der Waals surface area (Å²) in [6.45, 7) is 3.73. The lowest BCUT2D eigenvalue weighted by molar-refractivity contribution is -0.686. The van der Waals surface area contributed by atoms with Gasteiger partial charge in [0, 0.05) is 22.8 Å². The lowest BCUT2D eigenvalue weighted by Gasteiger charge is -2.18. The van der Waals surface area contributed by atoms with Crippen molar-refractivity contribution in [3.63, 3.8) is 0 Å². The molecule has 5 heteroatoms. The zero-order valence-corrected chi connectivity index (χ0v) is 13.8. The Hall–Kier alpha value is -2.95. The summed E-state index contributed by atoms with van der Waals surface area (Å²) >= 11 is 0. The molecule has 25 heavy (non-hydrogen) atoms. The first-order valence-electron chi connectivity index (χ1n) is 8.47. The van der Waals surface area contributed by atoms with Gasteiger partial charge in [0.1, 0.15) is 0 Å². The lowest BCUT2D eigenvalue weighted by atomic mass is 9.92. The first kappa shape index (κ1) is 13.4. The van der Waals surface area contributed by atoms with Crippen molar-refractivity contribution in [3.05, 3.63) is 41.6 Å². The van der Waals surface area contributed by atoms with E-state index in [2.05, 4.69) is 42.0 Å². The van der Waals surface area contributed by atoms with Crippen molar-refractivity contribution in [1.82, 2.24) is 0 Å². The molecule has 0 unspecified atom stereocenters. The van der Waals surface area contributed by atoms with Crippen molar-refractivity contribution in [1.29, 1.82) is 0 Å². The normalized spacial score (nSPS) is 16.0. The van der Waals surface area contributed by atoms with Gasteiger partial charge in [0.15, 0.2) is 35.7 Å². The minimum absolute atomic E-state index is 0.296. The van der Waals surface area contributed by atoms with E-state index in [0.717, 1.165) is 36.0 Å². The van der Waals surface area contributed by atoms with E-state index in [4.69, 9.17) is 18.9 Å². The second kappa shape index (κ2) is 4.57. The average molecular weight is 334 g/mol. The van der Waals surface area contributed by atoms with E-state index in [1.54, 1.807) is 0 Å². The predicted octanol–water partition coefficient (Wildman–Crippen LogP) is 3.12. The zero-order valence-electron chi connectivity index (χ0n) is 13.8. The number of benzene rings is 2. The van der Waals surface area contributed by atoms with Crippen LogP contribution >= 0.6 is 0 Å². The molecule has 2 aromatic carbocycles. The third-order valence-electron chi connectivity index (χ3n) is 5.36. The number of hydrogen-bond acceptors (Lipinski definition) is 4. The highest BCUT2D eigenvalue weighted by Crippen LogP contribution is 2.43.